The van der Waals surface area contributed by atoms with Gasteiger partial charge in [0, 0.05) is 35.6 Å². The second-order valence-electron chi connectivity index (χ2n) is 7.57. The highest BCUT2D eigenvalue weighted by atomic mass is 16.7. The van der Waals surface area contributed by atoms with Gasteiger partial charge in [0.05, 0.1) is 6.54 Å². The van der Waals surface area contributed by atoms with Crippen molar-refractivity contribution in [1.82, 2.24) is 5.32 Å². The van der Waals surface area contributed by atoms with Gasteiger partial charge in [0.2, 0.25) is 12.7 Å². The fourth-order valence-corrected chi connectivity index (χ4v) is 3.77. The normalized spacial score (nSPS) is 14.5. The van der Waals surface area contributed by atoms with E-state index in [0.29, 0.717) is 22.7 Å². The van der Waals surface area contributed by atoms with Crippen molar-refractivity contribution in [3.8, 4) is 11.5 Å². The summed E-state index contributed by atoms with van der Waals surface area (Å²) < 4.78 is 10.7. The molecule has 2 aliphatic rings. The summed E-state index contributed by atoms with van der Waals surface area (Å²) in [5.74, 6) is 1.13. The molecule has 2 amide bonds. The molecule has 29 heavy (non-hydrogen) atoms. The molecule has 0 atom stereocenters. The van der Waals surface area contributed by atoms with Crippen LogP contribution in [0.25, 0.3) is 0 Å². The number of rotatable bonds is 5. The summed E-state index contributed by atoms with van der Waals surface area (Å²) in [7, 11) is 0. The van der Waals surface area contributed by atoms with E-state index in [1.54, 1.807) is 18.2 Å². The molecule has 0 saturated carbocycles. The Hall–Kier alpha value is -3.22. The Morgan fingerprint density at radius 1 is 1.14 bits per heavy atom. The third kappa shape index (κ3) is 4.13. The largest absolute Gasteiger partial charge is 0.454 e. The zero-order valence-electron chi connectivity index (χ0n) is 16.7. The number of carbonyl (C=O) groups excluding carboxylic acids is 2. The Bertz CT molecular complexity index is 942. The van der Waals surface area contributed by atoms with Crippen LogP contribution in [0.15, 0.2) is 36.4 Å². The maximum atomic E-state index is 12.7. The molecule has 4 rings (SSSR count). The van der Waals surface area contributed by atoms with Crippen LogP contribution in [-0.2, 0) is 11.2 Å². The van der Waals surface area contributed by atoms with Crippen molar-refractivity contribution in [3.63, 3.8) is 0 Å². The highest BCUT2D eigenvalue weighted by Gasteiger charge is 2.24. The van der Waals surface area contributed by atoms with E-state index in [1.165, 1.54) is 0 Å². The SMILES string of the molecule is CC(C)NC(=O)c1cccc2c1CCCN2CC(=O)Nc1ccc2c(c1)OCO2. The zero-order chi connectivity index (χ0) is 20.4. The van der Waals surface area contributed by atoms with Gasteiger partial charge in [-0.25, -0.2) is 0 Å². The molecule has 7 heteroatoms. The van der Waals surface area contributed by atoms with E-state index in [2.05, 4.69) is 10.6 Å². The van der Waals surface area contributed by atoms with Gasteiger partial charge in [-0.3, -0.25) is 9.59 Å². The third-order valence-electron chi connectivity index (χ3n) is 5.00. The highest BCUT2D eigenvalue weighted by Crippen LogP contribution is 2.34. The molecular formula is C22H25N3O4. The molecule has 2 aromatic carbocycles. The summed E-state index contributed by atoms with van der Waals surface area (Å²) in [5, 5.41) is 5.88. The lowest BCUT2D eigenvalue weighted by molar-refractivity contribution is -0.115. The fourth-order valence-electron chi connectivity index (χ4n) is 3.77. The molecule has 2 N–H and O–H groups in total. The van der Waals surface area contributed by atoms with Crippen LogP contribution in [0, 0.1) is 0 Å². The molecule has 0 bridgehead atoms. The van der Waals surface area contributed by atoms with E-state index in [0.717, 1.165) is 30.6 Å². The first-order valence-corrected chi connectivity index (χ1v) is 9.88. The van der Waals surface area contributed by atoms with Gasteiger partial charge >= 0.3 is 0 Å². The molecule has 0 spiro atoms. The van der Waals surface area contributed by atoms with E-state index >= 15 is 0 Å². The molecule has 0 fully saturated rings. The Labute approximate surface area is 170 Å². The van der Waals surface area contributed by atoms with E-state index in [4.69, 9.17) is 9.47 Å². The predicted molar refractivity (Wildman–Crippen MR) is 111 cm³/mol. The van der Waals surface area contributed by atoms with Crippen LogP contribution in [0.1, 0.15) is 36.2 Å². The third-order valence-corrected chi connectivity index (χ3v) is 5.00. The van der Waals surface area contributed by atoms with Crippen LogP contribution in [0.3, 0.4) is 0 Å². The summed E-state index contributed by atoms with van der Waals surface area (Å²) in [6.07, 6.45) is 1.73. The van der Waals surface area contributed by atoms with Crippen LogP contribution < -0.4 is 25.0 Å². The molecule has 0 unspecified atom stereocenters. The summed E-state index contributed by atoms with van der Waals surface area (Å²) in [6.45, 7) is 5.08. The lowest BCUT2D eigenvalue weighted by Gasteiger charge is -2.32. The number of carbonyl (C=O) groups is 2. The predicted octanol–water partition coefficient (Wildman–Crippen LogP) is 2.94. The fraction of sp³-hybridized carbons (Fsp3) is 0.364. The maximum absolute atomic E-state index is 12.7. The van der Waals surface area contributed by atoms with Crippen LogP contribution in [-0.4, -0.2) is 37.7 Å². The minimum absolute atomic E-state index is 0.0662. The average molecular weight is 395 g/mol. The number of nitrogens with one attached hydrogen (secondary N) is 2. The highest BCUT2D eigenvalue weighted by molar-refractivity contribution is 5.98. The standard InChI is InChI=1S/C22H25N3O4/c1-14(2)23-22(27)17-5-3-7-18-16(17)6-4-10-25(18)12-21(26)24-15-8-9-19-20(11-15)29-13-28-19/h3,5,7-9,11,14H,4,6,10,12-13H2,1-2H3,(H,23,27)(H,24,26). The first-order valence-electron chi connectivity index (χ1n) is 9.88. The van der Waals surface area contributed by atoms with Crippen molar-refractivity contribution in [2.24, 2.45) is 0 Å². The van der Waals surface area contributed by atoms with Gasteiger partial charge in [-0.05, 0) is 56.5 Å². The van der Waals surface area contributed by atoms with E-state index in [1.807, 2.05) is 36.9 Å². The van der Waals surface area contributed by atoms with Gasteiger partial charge in [-0.2, -0.15) is 0 Å². The van der Waals surface area contributed by atoms with Crippen LogP contribution >= 0.6 is 0 Å². The topological polar surface area (TPSA) is 79.9 Å². The van der Waals surface area contributed by atoms with Crippen molar-refractivity contribution in [3.05, 3.63) is 47.5 Å². The Morgan fingerprint density at radius 2 is 1.97 bits per heavy atom. The number of ether oxygens (including phenoxy) is 2. The molecule has 2 aliphatic heterocycles. The second kappa shape index (κ2) is 8.03. The number of benzene rings is 2. The van der Waals surface area contributed by atoms with Gasteiger partial charge in [0.25, 0.3) is 5.91 Å². The first-order chi connectivity index (χ1) is 14.0. The Kier molecular flexibility index (Phi) is 5.29. The molecule has 0 saturated heterocycles. The van der Waals surface area contributed by atoms with Gasteiger partial charge in [0.1, 0.15) is 0 Å². The molecule has 0 aliphatic carbocycles. The molecule has 0 radical (unpaired) electrons. The van der Waals surface area contributed by atoms with Crippen molar-refractivity contribution < 1.29 is 19.1 Å². The Balaban J connectivity index is 1.48. The van der Waals surface area contributed by atoms with E-state index < -0.39 is 0 Å². The lowest BCUT2D eigenvalue weighted by Crippen LogP contribution is -2.38. The molecule has 2 aromatic rings. The zero-order valence-corrected chi connectivity index (χ0v) is 16.7. The number of anilines is 2. The van der Waals surface area contributed by atoms with Crippen molar-refractivity contribution >= 4 is 23.2 Å². The minimum Gasteiger partial charge on any atom is -0.454 e. The number of amides is 2. The average Bonchev–Trinajstić information content (AvgIpc) is 3.15. The molecule has 7 nitrogen and oxygen atoms in total. The maximum Gasteiger partial charge on any atom is 0.251 e. The molecule has 152 valence electrons. The van der Waals surface area contributed by atoms with E-state index in [-0.39, 0.29) is 31.2 Å². The van der Waals surface area contributed by atoms with Crippen LogP contribution in [0.5, 0.6) is 11.5 Å². The number of hydrogen-bond donors (Lipinski definition) is 2. The second-order valence-corrected chi connectivity index (χ2v) is 7.57. The quantitative estimate of drug-likeness (QED) is 0.814. The molecule has 2 heterocycles. The van der Waals surface area contributed by atoms with Gasteiger partial charge in [0.15, 0.2) is 11.5 Å². The van der Waals surface area contributed by atoms with E-state index in [9.17, 15) is 9.59 Å². The van der Waals surface area contributed by atoms with Gasteiger partial charge in [-0.15, -0.1) is 0 Å². The minimum atomic E-state index is -0.117. The monoisotopic (exact) mass is 395 g/mol. The van der Waals surface area contributed by atoms with Crippen LogP contribution in [0.2, 0.25) is 0 Å². The number of hydrogen-bond acceptors (Lipinski definition) is 5. The molecule has 0 aromatic heterocycles. The lowest BCUT2D eigenvalue weighted by atomic mass is 9.95. The summed E-state index contributed by atoms with van der Waals surface area (Å²) >= 11 is 0. The van der Waals surface area contributed by atoms with Crippen molar-refractivity contribution in [2.45, 2.75) is 32.7 Å². The van der Waals surface area contributed by atoms with Crippen LogP contribution in [0.4, 0.5) is 11.4 Å². The van der Waals surface area contributed by atoms with Gasteiger partial charge < -0.3 is 25.0 Å². The summed E-state index contributed by atoms with van der Waals surface area (Å²) in [5.41, 5.74) is 3.32. The smallest absolute Gasteiger partial charge is 0.251 e. The summed E-state index contributed by atoms with van der Waals surface area (Å²) in [6, 6.07) is 11.1. The number of nitrogens with zero attached hydrogens (tertiary/aromatic N) is 1. The number of fused-ring (bicyclic) bond motifs is 2. The van der Waals surface area contributed by atoms with Crippen molar-refractivity contribution in [1.29, 1.82) is 0 Å². The van der Waals surface area contributed by atoms with Crippen molar-refractivity contribution in [2.75, 3.05) is 30.1 Å². The van der Waals surface area contributed by atoms with Gasteiger partial charge in [-0.1, -0.05) is 6.07 Å². The Morgan fingerprint density at radius 3 is 2.79 bits per heavy atom. The summed E-state index contributed by atoms with van der Waals surface area (Å²) in [4.78, 5) is 27.2. The molecular weight excluding hydrogens is 370 g/mol. The first kappa shape index (κ1) is 19.1.